The molecule has 0 atom stereocenters. The second-order valence-electron chi connectivity index (χ2n) is 4.31. The molecule has 1 aromatic carbocycles. The summed E-state index contributed by atoms with van der Waals surface area (Å²) in [4.78, 5) is 8.18. The van der Waals surface area contributed by atoms with Gasteiger partial charge in [-0.05, 0) is 24.6 Å². The van der Waals surface area contributed by atoms with E-state index in [2.05, 4.69) is 35.2 Å². The highest BCUT2D eigenvalue weighted by Crippen LogP contribution is 2.30. The highest BCUT2D eigenvalue weighted by Gasteiger charge is 2.11. The van der Waals surface area contributed by atoms with Crippen molar-refractivity contribution in [2.75, 3.05) is 5.73 Å². The molecule has 0 spiro atoms. The van der Waals surface area contributed by atoms with Crippen LogP contribution in [0.1, 0.15) is 22.5 Å². The molecule has 0 aliphatic heterocycles. The molecule has 0 amide bonds. The van der Waals surface area contributed by atoms with E-state index < -0.39 is 0 Å². The van der Waals surface area contributed by atoms with Crippen LogP contribution < -0.4 is 5.73 Å². The number of hydrogen-bond acceptors (Lipinski definition) is 3. The smallest absolute Gasteiger partial charge is 0.0925 e. The highest BCUT2D eigenvalue weighted by molar-refractivity contribution is 7.90. The number of aromatic nitrogens is 2. The van der Waals surface area contributed by atoms with Crippen molar-refractivity contribution in [1.29, 1.82) is 0 Å². The van der Waals surface area contributed by atoms with E-state index in [9.17, 15) is 0 Å². The van der Waals surface area contributed by atoms with Crippen LogP contribution in [0.3, 0.4) is 0 Å². The number of nitrogens with two attached hydrogens (primary N) is 1. The Bertz CT molecular complexity index is 626. The fraction of sp³-hybridized carbons (Fsp3) is 0.133. The lowest BCUT2D eigenvalue weighted by molar-refractivity contribution is 1.08. The Labute approximate surface area is 118 Å². The van der Waals surface area contributed by atoms with E-state index in [0.29, 0.717) is 0 Å². The van der Waals surface area contributed by atoms with Gasteiger partial charge in [0.1, 0.15) is 0 Å². The molecule has 2 rings (SSSR count). The molecular formula is C15H17N3S. The quantitative estimate of drug-likeness (QED) is 0.454. The van der Waals surface area contributed by atoms with E-state index in [-0.39, 0.29) is 0 Å². The van der Waals surface area contributed by atoms with E-state index in [0.717, 1.165) is 39.5 Å². The summed E-state index contributed by atoms with van der Waals surface area (Å²) in [5.41, 5.74) is 11.0. The van der Waals surface area contributed by atoms with Crippen molar-refractivity contribution in [2.45, 2.75) is 13.3 Å². The molecule has 2 aromatic rings. The van der Waals surface area contributed by atoms with Crippen LogP contribution in [-0.4, -0.2) is 9.97 Å². The van der Waals surface area contributed by atoms with Crippen LogP contribution in [0.2, 0.25) is 0 Å². The Hall–Kier alpha value is -1.94. The van der Waals surface area contributed by atoms with Crippen LogP contribution in [0.15, 0.2) is 43.3 Å². The number of nitrogens with one attached hydrogen (secondary N) is 1. The van der Waals surface area contributed by atoms with Gasteiger partial charge in [0, 0.05) is 28.3 Å². The molecule has 0 unspecified atom stereocenters. The van der Waals surface area contributed by atoms with Gasteiger partial charge in [0.2, 0.25) is 0 Å². The lowest BCUT2D eigenvalue weighted by atomic mass is 9.99. The van der Waals surface area contributed by atoms with Crippen molar-refractivity contribution in [2.24, 2.45) is 0 Å². The van der Waals surface area contributed by atoms with Gasteiger partial charge >= 0.3 is 0 Å². The SMILES string of the molecule is C=C/C=C(/S)c1c(N)cccc1Cc1[nH]cnc1C. The first kappa shape index (κ1) is 13.5. The maximum absolute atomic E-state index is 6.07. The Balaban J connectivity index is 2.46. The lowest BCUT2D eigenvalue weighted by Crippen LogP contribution is -2.00. The standard InChI is InChI=1S/C15H17N3S/c1-3-5-14(19)15-11(6-4-7-12(15)16)8-13-10(2)17-9-18-13/h3-7,9,19H,1,8,16H2,2H3,(H,17,18)/b14-5+. The molecule has 3 nitrogen and oxygen atoms in total. The number of aryl methyl sites for hydroxylation is 1. The number of anilines is 1. The summed E-state index contributed by atoms with van der Waals surface area (Å²) in [5.74, 6) is 0. The van der Waals surface area contributed by atoms with Crippen LogP contribution in [0.5, 0.6) is 0 Å². The molecule has 0 saturated carbocycles. The van der Waals surface area contributed by atoms with Crippen LogP contribution in [0.25, 0.3) is 4.91 Å². The third-order valence-electron chi connectivity index (χ3n) is 3.02. The average molecular weight is 271 g/mol. The number of imidazole rings is 1. The van der Waals surface area contributed by atoms with Gasteiger partial charge < -0.3 is 10.7 Å². The van der Waals surface area contributed by atoms with Crippen molar-refractivity contribution in [3.63, 3.8) is 0 Å². The lowest BCUT2D eigenvalue weighted by Gasteiger charge is -2.12. The number of aromatic amines is 1. The van der Waals surface area contributed by atoms with Crippen LogP contribution >= 0.6 is 12.6 Å². The zero-order chi connectivity index (χ0) is 13.8. The molecule has 19 heavy (non-hydrogen) atoms. The molecule has 0 saturated heterocycles. The first-order chi connectivity index (χ1) is 9.13. The van der Waals surface area contributed by atoms with Crippen LogP contribution in [-0.2, 0) is 6.42 Å². The number of allylic oxidation sites excluding steroid dienone is 2. The van der Waals surface area contributed by atoms with Crippen LogP contribution in [0, 0.1) is 6.92 Å². The predicted molar refractivity (Wildman–Crippen MR) is 84.1 cm³/mol. The van der Waals surface area contributed by atoms with E-state index in [1.54, 1.807) is 12.4 Å². The van der Waals surface area contributed by atoms with Gasteiger partial charge in [0.05, 0.1) is 12.0 Å². The van der Waals surface area contributed by atoms with Gasteiger partial charge in [-0.15, -0.1) is 12.6 Å². The molecular weight excluding hydrogens is 254 g/mol. The fourth-order valence-electron chi connectivity index (χ4n) is 2.03. The third kappa shape index (κ3) is 2.90. The minimum Gasteiger partial charge on any atom is -0.398 e. The van der Waals surface area contributed by atoms with Gasteiger partial charge in [0.15, 0.2) is 0 Å². The number of hydrogen-bond donors (Lipinski definition) is 3. The Morgan fingerprint density at radius 2 is 2.32 bits per heavy atom. The Morgan fingerprint density at radius 3 is 2.95 bits per heavy atom. The normalized spacial score (nSPS) is 11.6. The Kier molecular flexibility index (Phi) is 4.12. The maximum atomic E-state index is 6.07. The van der Waals surface area contributed by atoms with Crippen molar-refractivity contribution in [1.82, 2.24) is 9.97 Å². The monoisotopic (exact) mass is 271 g/mol. The summed E-state index contributed by atoms with van der Waals surface area (Å²) >= 11 is 4.50. The molecule has 4 heteroatoms. The second kappa shape index (κ2) is 5.80. The number of rotatable bonds is 4. The molecule has 1 aromatic heterocycles. The molecule has 0 aliphatic carbocycles. The summed E-state index contributed by atoms with van der Waals surface area (Å²) < 4.78 is 0. The molecule has 0 aliphatic rings. The van der Waals surface area contributed by atoms with Crippen molar-refractivity contribution in [3.05, 3.63) is 65.8 Å². The molecule has 0 radical (unpaired) electrons. The van der Waals surface area contributed by atoms with E-state index in [1.807, 2.05) is 25.1 Å². The summed E-state index contributed by atoms with van der Waals surface area (Å²) in [7, 11) is 0. The molecule has 1 heterocycles. The van der Waals surface area contributed by atoms with Gasteiger partial charge in [-0.3, -0.25) is 0 Å². The van der Waals surface area contributed by atoms with E-state index >= 15 is 0 Å². The summed E-state index contributed by atoms with van der Waals surface area (Å²) in [5, 5.41) is 0. The van der Waals surface area contributed by atoms with Gasteiger partial charge in [-0.1, -0.05) is 24.8 Å². The average Bonchev–Trinajstić information content (AvgIpc) is 2.75. The Morgan fingerprint density at radius 1 is 1.53 bits per heavy atom. The van der Waals surface area contributed by atoms with Crippen molar-refractivity contribution in [3.8, 4) is 0 Å². The summed E-state index contributed by atoms with van der Waals surface area (Å²) in [6, 6.07) is 5.89. The molecule has 0 bridgehead atoms. The van der Waals surface area contributed by atoms with Gasteiger partial charge in [-0.25, -0.2) is 4.98 Å². The third-order valence-corrected chi connectivity index (χ3v) is 3.39. The molecule has 98 valence electrons. The summed E-state index contributed by atoms with van der Waals surface area (Å²) in [6.45, 7) is 5.68. The zero-order valence-corrected chi connectivity index (χ0v) is 11.7. The van der Waals surface area contributed by atoms with Gasteiger partial charge in [-0.2, -0.15) is 0 Å². The molecule has 3 N–H and O–H groups in total. The topological polar surface area (TPSA) is 54.7 Å². The number of thiol groups is 1. The maximum Gasteiger partial charge on any atom is 0.0925 e. The highest BCUT2D eigenvalue weighted by atomic mass is 32.1. The zero-order valence-electron chi connectivity index (χ0n) is 10.9. The fourth-order valence-corrected chi connectivity index (χ4v) is 2.41. The number of benzene rings is 1. The predicted octanol–water partition coefficient (Wildman–Crippen LogP) is 3.35. The minimum absolute atomic E-state index is 0.720. The second-order valence-corrected chi connectivity index (χ2v) is 4.79. The summed E-state index contributed by atoms with van der Waals surface area (Å²) in [6.07, 6.45) is 6.01. The minimum atomic E-state index is 0.720. The molecule has 0 fully saturated rings. The first-order valence-electron chi connectivity index (χ1n) is 6.01. The number of nitrogen functional groups attached to an aromatic ring is 1. The van der Waals surface area contributed by atoms with Crippen LogP contribution in [0.4, 0.5) is 5.69 Å². The van der Waals surface area contributed by atoms with E-state index in [4.69, 9.17) is 5.73 Å². The van der Waals surface area contributed by atoms with Gasteiger partial charge in [0.25, 0.3) is 0 Å². The number of nitrogens with zero attached hydrogens (tertiary/aromatic N) is 1. The van der Waals surface area contributed by atoms with Crippen molar-refractivity contribution >= 4 is 23.2 Å². The largest absolute Gasteiger partial charge is 0.398 e. The van der Waals surface area contributed by atoms with E-state index in [1.165, 1.54) is 0 Å². The number of H-pyrrole nitrogens is 1. The van der Waals surface area contributed by atoms with Crippen molar-refractivity contribution < 1.29 is 0 Å². The first-order valence-corrected chi connectivity index (χ1v) is 6.46.